The molecule has 0 aliphatic carbocycles. The van der Waals surface area contributed by atoms with Crippen LogP contribution in [0.1, 0.15) is 11.1 Å². The van der Waals surface area contributed by atoms with Crippen molar-refractivity contribution in [3.63, 3.8) is 0 Å². The molecule has 0 amide bonds. The van der Waals surface area contributed by atoms with Crippen molar-refractivity contribution in [2.24, 2.45) is 0 Å². The monoisotopic (exact) mass is 223 g/mol. The number of aromatic amines is 1. The summed E-state index contributed by atoms with van der Waals surface area (Å²) in [6.07, 6.45) is -3.75. The second-order valence-corrected chi connectivity index (χ2v) is 2.81. The van der Waals surface area contributed by atoms with E-state index in [9.17, 15) is 18.0 Å². The minimum Gasteiger partial charge on any atom is -0.399 e. The van der Waals surface area contributed by atoms with Crippen LogP contribution in [0.4, 0.5) is 13.2 Å². The summed E-state index contributed by atoms with van der Waals surface area (Å²) in [6, 6.07) is 0. The summed E-state index contributed by atoms with van der Waals surface area (Å²) in [5.74, 6) is -0.912. The molecule has 4 nitrogen and oxygen atoms in total. The first-order chi connectivity index (χ1) is 6.85. The van der Waals surface area contributed by atoms with Crippen LogP contribution in [0.3, 0.4) is 0 Å². The summed E-state index contributed by atoms with van der Waals surface area (Å²) in [7, 11) is 0. The Morgan fingerprint density at radius 2 is 2.13 bits per heavy atom. The molecule has 1 rings (SSSR count). The van der Waals surface area contributed by atoms with Gasteiger partial charge in [-0.1, -0.05) is 0 Å². The lowest BCUT2D eigenvalue weighted by atomic mass is 10.1. The van der Waals surface area contributed by atoms with Crippen LogP contribution in [0.2, 0.25) is 0 Å². The Bertz CT molecular complexity index is 411. The van der Waals surface area contributed by atoms with Gasteiger partial charge in [-0.05, 0) is 12.5 Å². The van der Waals surface area contributed by atoms with E-state index in [1.165, 1.54) is 13.1 Å². The fourth-order valence-electron chi connectivity index (χ4n) is 1.06. The first kappa shape index (κ1) is 11.6. The average Bonchev–Trinajstić information content (AvgIpc) is 2.10. The Hall–Kier alpha value is -1.50. The van der Waals surface area contributed by atoms with Crippen molar-refractivity contribution < 1.29 is 23.0 Å². The van der Waals surface area contributed by atoms with E-state index in [0.717, 1.165) is 0 Å². The Balaban J connectivity index is 3.26. The van der Waals surface area contributed by atoms with Gasteiger partial charge in [0.2, 0.25) is 0 Å². The van der Waals surface area contributed by atoms with Crippen LogP contribution in [0.5, 0.6) is 5.75 Å². The van der Waals surface area contributed by atoms with E-state index in [1.54, 1.807) is 0 Å². The first-order valence-electron chi connectivity index (χ1n) is 3.93. The molecular formula is C8H8F3NO3. The molecule has 1 aromatic heterocycles. The molecule has 84 valence electrons. The number of aromatic nitrogens is 1. The molecule has 0 spiro atoms. The smallest absolute Gasteiger partial charge is 0.399 e. The zero-order chi connectivity index (χ0) is 11.6. The maximum absolute atomic E-state index is 11.9. The lowest BCUT2D eigenvalue weighted by molar-refractivity contribution is -0.275. The lowest BCUT2D eigenvalue weighted by Gasteiger charge is -2.12. The molecule has 0 aliphatic rings. The van der Waals surface area contributed by atoms with E-state index >= 15 is 0 Å². The van der Waals surface area contributed by atoms with E-state index in [2.05, 4.69) is 9.72 Å². The number of nitrogens with one attached hydrogen (secondary N) is 1. The van der Waals surface area contributed by atoms with Gasteiger partial charge in [0.1, 0.15) is 0 Å². The summed E-state index contributed by atoms with van der Waals surface area (Å²) in [5, 5.41) is 8.82. The third-order valence-corrected chi connectivity index (χ3v) is 1.75. The predicted octanol–water partition coefficient (Wildman–Crippen LogP) is 1.07. The minimum absolute atomic E-state index is 0.170. The molecule has 7 heteroatoms. The van der Waals surface area contributed by atoms with Gasteiger partial charge < -0.3 is 14.8 Å². The Kier molecular flexibility index (Phi) is 3.04. The highest BCUT2D eigenvalue weighted by Crippen LogP contribution is 2.24. The highest BCUT2D eigenvalue weighted by atomic mass is 19.4. The van der Waals surface area contributed by atoms with Crippen molar-refractivity contribution in [3.05, 3.63) is 27.7 Å². The predicted molar refractivity (Wildman–Crippen MR) is 44.4 cm³/mol. The van der Waals surface area contributed by atoms with E-state index in [4.69, 9.17) is 5.11 Å². The summed E-state index contributed by atoms with van der Waals surface area (Å²) in [5.41, 5.74) is -0.880. The van der Waals surface area contributed by atoms with E-state index in [0.29, 0.717) is 5.56 Å². The fraction of sp³-hybridized carbons (Fsp3) is 0.375. The zero-order valence-electron chi connectivity index (χ0n) is 7.68. The highest BCUT2D eigenvalue weighted by molar-refractivity contribution is 5.35. The van der Waals surface area contributed by atoms with Gasteiger partial charge in [-0.25, -0.2) is 0 Å². The average molecular weight is 223 g/mol. The summed E-state index contributed by atoms with van der Waals surface area (Å²) in [6.45, 7) is 0.756. The molecule has 15 heavy (non-hydrogen) atoms. The van der Waals surface area contributed by atoms with Crippen molar-refractivity contribution in [2.45, 2.75) is 19.9 Å². The van der Waals surface area contributed by atoms with Gasteiger partial charge in [0, 0.05) is 11.8 Å². The zero-order valence-corrected chi connectivity index (χ0v) is 7.68. The number of aliphatic hydroxyl groups is 1. The second-order valence-electron chi connectivity index (χ2n) is 2.81. The Morgan fingerprint density at radius 3 is 2.60 bits per heavy atom. The number of alkyl halides is 3. The van der Waals surface area contributed by atoms with Gasteiger partial charge in [-0.3, -0.25) is 4.79 Å². The topological polar surface area (TPSA) is 62.3 Å². The van der Waals surface area contributed by atoms with Gasteiger partial charge in [0.05, 0.1) is 6.61 Å². The van der Waals surface area contributed by atoms with Gasteiger partial charge in [-0.2, -0.15) is 0 Å². The number of halogens is 3. The number of hydrogen-bond donors (Lipinski definition) is 2. The van der Waals surface area contributed by atoms with Gasteiger partial charge in [0.15, 0.2) is 5.75 Å². The minimum atomic E-state index is -4.95. The fourth-order valence-corrected chi connectivity index (χ4v) is 1.06. The molecule has 0 aliphatic heterocycles. The standard InChI is InChI=1S/C8H8F3NO3/c1-4-2-12-7(14)6(5(4)3-13)15-8(9,10)11/h2,13H,3H2,1H3,(H,12,14). The summed E-state index contributed by atoms with van der Waals surface area (Å²) >= 11 is 0. The number of H-pyrrole nitrogens is 1. The number of hydrogen-bond acceptors (Lipinski definition) is 3. The number of aryl methyl sites for hydroxylation is 1. The molecule has 0 bridgehead atoms. The van der Waals surface area contributed by atoms with Crippen molar-refractivity contribution >= 4 is 0 Å². The van der Waals surface area contributed by atoms with Gasteiger partial charge >= 0.3 is 6.36 Å². The van der Waals surface area contributed by atoms with Crippen LogP contribution < -0.4 is 10.3 Å². The molecule has 2 N–H and O–H groups in total. The number of aliphatic hydroxyl groups excluding tert-OH is 1. The summed E-state index contributed by atoms with van der Waals surface area (Å²) in [4.78, 5) is 13.1. The van der Waals surface area contributed by atoms with Crippen molar-refractivity contribution in [1.29, 1.82) is 0 Å². The SMILES string of the molecule is Cc1c[nH]c(=O)c(OC(F)(F)F)c1CO. The molecule has 0 saturated heterocycles. The largest absolute Gasteiger partial charge is 0.573 e. The first-order valence-corrected chi connectivity index (χ1v) is 3.93. The maximum atomic E-state index is 11.9. The second kappa shape index (κ2) is 3.93. The van der Waals surface area contributed by atoms with Crippen LogP contribution in [-0.2, 0) is 6.61 Å². The van der Waals surface area contributed by atoms with E-state index in [-0.39, 0.29) is 5.56 Å². The van der Waals surface area contributed by atoms with Crippen LogP contribution in [0.25, 0.3) is 0 Å². The van der Waals surface area contributed by atoms with Crippen LogP contribution in [-0.4, -0.2) is 16.5 Å². The molecule has 0 aromatic carbocycles. The van der Waals surface area contributed by atoms with E-state index in [1.807, 2.05) is 0 Å². The molecule has 0 saturated carbocycles. The molecule has 1 heterocycles. The van der Waals surface area contributed by atoms with Gasteiger partial charge in [0.25, 0.3) is 5.56 Å². The number of pyridine rings is 1. The number of rotatable bonds is 2. The molecular weight excluding hydrogens is 215 g/mol. The van der Waals surface area contributed by atoms with Crippen molar-refractivity contribution in [3.8, 4) is 5.75 Å². The molecule has 1 aromatic rings. The Labute approximate surface area is 82.3 Å². The van der Waals surface area contributed by atoms with E-state index < -0.39 is 24.3 Å². The molecule has 0 fully saturated rings. The lowest BCUT2D eigenvalue weighted by Crippen LogP contribution is -2.24. The Morgan fingerprint density at radius 1 is 1.53 bits per heavy atom. The molecule has 0 unspecified atom stereocenters. The highest BCUT2D eigenvalue weighted by Gasteiger charge is 2.33. The van der Waals surface area contributed by atoms with Crippen LogP contribution >= 0.6 is 0 Å². The quantitative estimate of drug-likeness (QED) is 0.788. The van der Waals surface area contributed by atoms with Crippen LogP contribution in [0.15, 0.2) is 11.0 Å². The van der Waals surface area contributed by atoms with Crippen molar-refractivity contribution in [2.75, 3.05) is 0 Å². The third-order valence-electron chi connectivity index (χ3n) is 1.75. The summed E-state index contributed by atoms with van der Waals surface area (Å²) < 4.78 is 39.3. The normalized spacial score (nSPS) is 11.5. The van der Waals surface area contributed by atoms with Crippen molar-refractivity contribution in [1.82, 2.24) is 4.98 Å². The van der Waals surface area contributed by atoms with Gasteiger partial charge in [-0.15, -0.1) is 13.2 Å². The third kappa shape index (κ3) is 2.72. The van der Waals surface area contributed by atoms with Crippen LogP contribution in [0, 0.1) is 6.92 Å². The molecule has 0 radical (unpaired) electrons. The number of ether oxygens (including phenoxy) is 1. The maximum Gasteiger partial charge on any atom is 0.573 e. The molecule has 0 atom stereocenters.